The summed E-state index contributed by atoms with van der Waals surface area (Å²) in [6.07, 6.45) is 2.06. The minimum absolute atomic E-state index is 0.128. The zero-order valence-corrected chi connectivity index (χ0v) is 14.6. The minimum Gasteiger partial charge on any atom is -0.343 e. The summed E-state index contributed by atoms with van der Waals surface area (Å²) in [7, 11) is 0. The maximum absolute atomic E-state index is 12.0. The smallest absolute Gasteiger partial charge is 0.220 e. The summed E-state index contributed by atoms with van der Waals surface area (Å²) in [5.74, 6) is 0.326. The van der Waals surface area contributed by atoms with Crippen LogP contribution >= 0.6 is 0 Å². The molecule has 5 heteroatoms. The zero-order valence-electron chi connectivity index (χ0n) is 14.6. The number of carbonyl (C=O) groups is 2. The summed E-state index contributed by atoms with van der Waals surface area (Å²) in [4.78, 5) is 30.0. The summed E-state index contributed by atoms with van der Waals surface area (Å²) < 4.78 is 0. The highest BCUT2D eigenvalue weighted by molar-refractivity contribution is 5.74. The number of amides is 2. The van der Waals surface area contributed by atoms with Crippen molar-refractivity contribution in [1.29, 1.82) is 0 Å². The number of benzene rings is 1. The highest BCUT2D eigenvalue weighted by Gasteiger charge is 2.34. The Bertz CT molecular complexity index is 582. The summed E-state index contributed by atoms with van der Waals surface area (Å²) in [6.45, 7) is 7.60. The molecule has 0 N–H and O–H groups in total. The molecule has 2 heterocycles. The summed E-state index contributed by atoms with van der Waals surface area (Å²) in [6, 6.07) is 11.0. The lowest BCUT2D eigenvalue weighted by Gasteiger charge is -2.46. The van der Waals surface area contributed by atoms with Gasteiger partial charge in [0, 0.05) is 52.6 Å². The van der Waals surface area contributed by atoms with Crippen LogP contribution in [0, 0.1) is 0 Å². The van der Waals surface area contributed by atoms with Crippen LogP contribution in [-0.2, 0) is 9.59 Å². The second kappa shape index (κ2) is 7.34. The molecule has 1 aromatic rings. The predicted molar refractivity (Wildman–Crippen MR) is 93.4 cm³/mol. The Morgan fingerprint density at radius 1 is 0.917 bits per heavy atom. The Hall–Kier alpha value is -1.88. The van der Waals surface area contributed by atoms with E-state index in [4.69, 9.17) is 0 Å². The van der Waals surface area contributed by atoms with E-state index in [1.807, 2.05) is 28.0 Å². The van der Waals surface area contributed by atoms with Gasteiger partial charge in [0.2, 0.25) is 11.8 Å². The first-order valence-corrected chi connectivity index (χ1v) is 8.88. The summed E-state index contributed by atoms with van der Waals surface area (Å²) >= 11 is 0. The lowest BCUT2D eigenvalue weighted by atomic mass is 9.97. The number of likely N-dealkylation sites (tertiary alicyclic amines) is 1. The molecule has 2 saturated heterocycles. The van der Waals surface area contributed by atoms with Crippen molar-refractivity contribution < 1.29 is 9.59 Å². The number of nitrogens with zero attached hydrogens (tertiary/aromatic N) is 3. The van der Waals surface area contributed by atoms with Crippen LogP contribution in [0.5, 0.6) is 0 Å². The molecule has 130 valence electrons. The first-order chi connectivity index (χ1) is 11.6. The van der Waals surface area contributed by atoms with Gasteiger partial charge in [0.25, 0.3) is 0 Å². The molecule has 1 aromatic carbocycles. The average Bonchev–Trinajstić information content (AvgIpc) is 2.62. The predicted octanol–water partition coefficient (Wildman–Crippen LogP) is 1.90. The van der Waals surface area contributed by atoms with Crippen molar-refractivity contribution in [1.82, 2.24) is 14.7 Å². The van der Waals surface area contributed by atoms with E-state index in [1.54, 1.807) is 13.8 Å². The topological polar surface area (TPSA) is 43.9 Å². The molecular weight excluding hydrogens is 302 g/mol. The molecule has 0 saturated carbocycles. The molecule has 2 amide bonds. The van der Waals surface area contributed by atoms with Crippen molar-refractivity contribution in [2.24, 2.45) is 0 Å². The zero-order chi connectivity index (χ0) is 17.1. The maximum Gasteiger partial charge on any atom is 0.220 e. The molecule has 0 spiro atoms. The van der Waals surface area contributed by atoms with Crippen LogP contribution < -0.4 is 0 Å². The third-order valence-corrected chi connectivity index (χ3v) is 5.43. The second-order valence-electron chi connectivity index (χ2n) is 6.87. The molecule has 5 nitrogen and oxygen atoms in total. The molecule has 0 bridgehead atoms. The molecule has 0 unspecified atom stereocenters. The van der Waals surface area contributed by atoms with E-state index in [-0.39, 0.29) is 17.9 Å². The van der Waals surface area contributed by atoms with Crippen LogP contribution in [-0.4, -0.2) is 65.3 Å². The number of hydrogen-bond donors (Lipinski definition) is 0. The fraction of sp³-hybridized carbons (Fsp3) is 0.579. The Kier molecular flexibility index (Phi) is 5.19. The number of rotatable bonds is 2. The van der Waals surface area contributed by atoms with Crippen molar-refractivity contribution >= 4 is 11.8 Å². The van der Waals surface area contributed by atoms with Gasteiger partial charge in [-0.25, -0.2) is 0 Å². The summed E-state index contributed by atoms with van der Waals surface area (Å²) in [5, 5.41) is 0. The SMILES string of the molecule is CC(=O)N1CCC(N2CCN(C(C)=O)[C@@H](c3ccccc3)C2)CC1. The summed E-state index contributed by atoms with van der Waals surface area (Å²) in [5.41, 5.74) is 1.21. The second-order valence-corrected chi connectivity index (χ2v) is 6.87. The molecule has 2 aliphatic heterocycles. The first kappa shape index (κ1) is 17.0. The van der Waals surface area contributed by atoms with Gasteiger partial charge in [-0.3, -0.25) is 14.5 Å². The van der Waals surface area contributed by atoms with E-state index in [1.165, 1.54) is 5.56 Å². The van der Waals surface area contributed by atoms with Crippen molar-refractivity contribution in [3.63, 3.8) is 0 Å². The molecule has 2 fully saturated rings. The van der Waals surface area contributed by atoms with Gasteiger partial charge in [-0.05, 0) is 18.4 Å². The Morgan fingerprint density at radius 2 is 1.58 bits per heavy atom. The molecule has 0 radical (unpaired) electrons. The average molecular weight is 329 g/mol. The van der Waals surface area contributed by atoms with Crippen molar-refractivity contribution in [3.05, 3.63) is 35.9 Å². The van der Waals surface area contributed by atoms with Gasteiger partial charge < -0.3 is 9.80 Å². The van der Waals surface area contributed by atoms with E-state index >= 15 is 0 Å². The molecule has 0 aliphatic carbocycles. The molecule has 24 heavy (non-hydrogen) atoms. The van der Waals surface area contributed by atoms with E-state index < -0.39 is 0 Å². The lowest BCUT2D eigenvalue weighted by molar-refractivity contribution is -0.136. The van der Waals surface area contributed by atoms with E-state index in [0.29, 0.717) is 6.04 Å². The van der Waals surface area contributed by atoms with E-state index in [2.05, 4.69) is 17.0 Å². The lowest BCUT2D eigenvalue weighted by Crippen LogP contribution is -2.55. The maximum atomic E-state index is 12.0. The fourth-order valence-electron chi connectivity index (χ4n) is 4.02. The number of hydrogen-bond acceptors (Lipinski definition) is 3. The third-order valence-electron chi connectivity index (χ3n) is 5.43. The molecule has 0 aromatic heterocycles. The van der Waals surface area contributed by atoms with Crippen molar-refractivity contribution in [2.45, 2.75) is 38.8 Å². The highest BCUT2D eigenvalue weighted by atomic mass is 16.2. The van der Waals surface area contributed by atoms with Gasteiger partial charge in [-0.1, -0.05) is 30.3 Å². The Balaban J connectivity index is 1.69. The molecule has 3 rings (SSSR count). The molecule has 2 aliphatic rings. The van der Waals surface area contributed by atoms with Gasteiger partial charge in [0.05, 0.1) is 6.04 Å². The van der Waals surface area contributed by atoms with Crippen molar-refractivity contribution in [3.8, 4) is 0 Å². The first-order valence-electron chi connectivity index (χ1n) is 8.88. The van der Waals surface area contributed by atoms with Crippen molar-refractivity contribution in [2.75, 3.05) is 32.7 Å². The minimum atomic E-state index is 0.128. The van der Waals surface area contributed by atoms with E-state index in [9.17, 15) is 9.59 Å². The fourth-order valence-corrected chi connectivity index (χ4v) is 4.02. The number of piperidine rings is 1. The van der Waals surface area contributed by atoms with Crippen LogP contribution in [0.4, 0.5) is 0 Å². The Labute approximate surface area is 144 Å². The van der Waals surface area contributed by atoms with Crippen LogP contribution in [0.15, 0.2) is 30.3 Å². The molecular formula is C19H27N3O2. The van der Waals surface area contributed by atoms with Crippen LogP contribution in [0.2, 0.25) is 0 Å². The van der Waals surface area contributed by atoms with Gasteiger partial charge in [0.15, 0.2) is 0 Å². The van der Waals surface area contributed by atoms with Gasteiger partial charge >= 0.3 is 0 Å². The van der Waals surface area contributed by atoms with Gasteiger partial charge in [-0.15, -0.1) is 0 Å². The van der Waals surface area contributed by atoms with Crippen LogP contribution in [0.3, 0.4) is 0 Å². The monoisotopic (exact) mass is 329 g/mol. The quantitative estimate of drug-likeness (QED) is 0.832. The van der Waals surface area contributed by atoms with Gasteiger partial charge in [0.1, 0.15) is 0 Å². The largest absolute Gasteiger partial charge is 0.343 e. The standard InChI is InChI=1S/C19H27N3O2/c1-15(23)20-10-8-18(9-11-20)21-12-13-22(16(2)24)19(14-21)17-6-4-3-5-7-17/h3-7,18-19H,8-14H2,1-2H3/t19-/m1/s1. The van der Waals surface area contributed by atoms with E-state index in [0.717, 1.165) is 45.6 Å². The van der Waals surface area contributed by atoms with Crippen LogP contribution in [0.25, 0.3) is 0 Å². The van der Waals surface area contributed by atoms with Crippen LogP contribution in [0.1, 0.15) is 38.3 Å². The number of carbonyl (C=O) groups excluding carboxylic acids is 2. The normalized spacial score (nSPS) is 23.3. The third kappa shape index (κ3) is 3.61. The number of piperazine rings is 1. The Morgan fingerprint density at radius 3 is 2.17 bits per heavy atom. The highest BCUT2D eigenvalue weighted by Crippen LogP contribution is 2.28. The van der Waals surface area contributed by atoms with Gasteiger partial charge in [-0.2, -0.15) is 0 Å². The molecule has 1 atom stereocenters.